The number of halogens is 3. The Kier molecular flexibility index (Phi) is 13.8. The van der Waals surface area contributed by atoms with Crippen molar-refractivity contribution >= 4 is 10.1 Å². The number of hydrogen-bond donors (Lipinski definition) is 1. The van der Waals surface area contributed by atoms with Crippen LogP contribution in [0.1, 0.15) is 25.7 Å². The molecule has 0 atom stereocenters. The topological polar surface area (TPSA) is 54.4 Å². The molecular formula is C9H16F3O3RhS. The van der Waals surface area contributed by atoms with E-state index in [0.717, 1.165) is 0 Å². The standard InChI is InChI=1S/C8H12.CH4O3S.3FH.Rh/c1-2-4-6-8-7-5-3-1;1-5(2,3)4;;;;/h1-2,7-8H,3-6H2;1H3,(H,2,3,4);3*1H;/q;;;;;+3/p-3. The average molecular weight is 364 g/mol. The number of hydrogen-bond acceptors (Lipinski definition) is 2. The fraction of sp³-hybridized carbons (Fsp3) is 0.556. The zero-order valence-electron chi connectivity index (χ0n) is 9.28. The first kappa shape index (κ1) is 19.2. The summed E-state index contributed by atoms with van der Waals surface area (Å²) in [5, 5.41) is 0. The van der Waals surface area contributed by atoms with Gasteiger partial charge in [-0.2, -0.15) is 8.42 Å². The average Bonchev–Trinajstić information content (AvgIpc) is 1.96. The van der Waals surface area contributed by atoms with Gasteiger partial charge in [-0.1, -0.05) is 24.3 Å². The summed E-state index contributed by atoms with van der Waals surface area (Å²) < 4.78 is 55.3. The van der Waals surface area contributed by atoms with E-state index in [1.165, 1.54) is 25.7 Å². The van der Waals surface area contributed by atoms with E-state index < -0.39 is 27.6 Å². The maximum absolute atomic E-state index is 9.80. The number of rotatable bonds is 0. The van der Waals surface area contributed by atoms with Gasteiger partial charge in [-0.15, -0.1) is 0 Å². The molecule has 17 heavy (non-hydrogen) atoms. The van der Waals surface area contributed by atoms with Gasteiger partial charge in [-0.25, -0.2) is 0 Å². The van der Waals surface area contributed by atoms with Crippen molar-refractivity contribution in [3.05, 3.63) is 24.3 Å². The summed E-state index contributed by atoms with van der Waals surface area (Å²) in [7, 11) is -3.67. The molecule has 1 rings (SSSR count). The Hall–Kier alpha value is -0.197. The zero-order valence-corrected chi connectivity index (χ0v) is 11.7. The molecule has 0 spiro atoms. The quantitative estimate of drug-likeness (QED) is 0.407. The van der Waals surface area contributed by atoms with E-state index in [1.54, 1.807) is 0 Å². The summed E-state index contributed by atoms with van der Waals surface area (Å²) in [4.78, 5) is 0. The predicted octanol–water partition coefficient (Wildman–Crippen LogP) is 3.43. The van der Waals surface area contributed by atoms with E-state index in [2.05, 4.69) is 24.3 Å². The van der Waals surface area contributed by atoms with E-state index >= 15 is 0 Å². The van der Waals surface area contributed by atoms with Gasteiger partial charge in [0, 0.05) is 0 Å². The second-order valence-corrected chi connectivity index (χ2v) is 5.14. The van der Waals surface area contributed by atoms with Crippen LogP contribution in [0, 0.1) is 0 Å². The van der Waals surface area contributed by atoms with Crippen LogP contribution in [0.4, 0.5) is 9.95 Å². The fourth-order valence-electron chi connectivity index (χ4n) is 0.856. The maximum atomic E-state index is 9.80. The molecule has 0 aromatic rings. The predicted molar refractivity (Wildman–Crippen MR) is 57.5 cm³/mol. The van der Waals surface area contributed by atoms with Crippen molar-refractivity contribution in [2.45, 2.75) is 25.7 Å². The Morgan fingerprint density at radius 1 is 0.941 bits per heavy atom. The molecule has 3 nitrogen and oxygen atoms in total. The molecule has 0 aliphatic heterocycles. The van der Waals surface area contributed by atoms with E-state index in [1.807, 2.05) is 0 Å². The van der Waals surface area contributed by atoms with Crippen LogP contribution >= 0.6 is 0 Å². The van der Waals surface area contributed by atoms with Gasteiger partial charge in [0.15, 0.2) is 0 Å². The van der Waals surface area contributed by atoms with Crippen LogP contribution in [0.3, 0.4) is 0 Å². The van der Waals surface area contributed by atoms with Crippen LogP contribution in [-0.4, -0.2) is 19.2 Å². The summed E-state index contributed by atoms with van der Waals surface area (Å²) in [5.41, 5.74) is 0. The van der Waals surface area contributed by atoms with Gasteiger partial charge < -0.3 is 0 Å². The van der Waals surface area contributed by atoms with E-state index in [0.29, 0.717) is 6.26 Å². The molecule has 0 fully saturated rings. The molecule has 1 N–H and O–H groups in total. The molecule has 0 amide bonds. The van der Waals surface area contributed by atoms with Gasteiger partial charge in [0.1, 0.15) is 0 Å². The zero-order chi connectivity index (χ0) is 13.7. The van der Waals surface area contributed by atoms with Gasteiger partial charge >= 0.3 is 27.4 Å². The summed E-state index contributed by atoms with van der Waals surface area (Å²) in [6.07, 6.45) is 14.7. The molecule has 106 valence electrons. The summed E-state index contributed by atoms with van der Waals surface area (Å²) >= 11 is -4.58. The van der Waals surface area contributed by atoms with E-state index in [9.17, 15) is 18.4 Å². The van der Waals surface area contributed by atoms with Crippen molar-refractivity contribution in [2.75, 3.05) is 6.26 Å². The molecule has 0 saturated heterocycles. The van der Waals surface area contributed by atoms with E-state index in [-0.39, 0.29) is 0 Å². The normalized spacial score (nSPS) is 15.5. The second-order valence-electron chi connectivity index (χ2n) is 2.97. The Bertz CT molecular complexity index is 279. The van der Waals surface area contributed by atoms with Crippen LogP contribution in [-0.2, 0) is 27.6 Å². The van der Waals surface area contributed by atoms with Gasteiger partial charge in [0.25, 0.3) is 10.1 Å². The molecular weight excluding hydrogens is 348 g/mol. The fourth-order valence-corrected chi connectivity index (χ4v) is 0.856. The first-order valence-electron chi connectivity index (χ1n) is 4.60. The van der Waals surface area contributed by atoms with Crippen LogP contribution in [0.15, 0.2) is 24.3 Å². The minimum atomic E-state index is -4.58. The van der Waals surface area contributed by atoms with Crippen LogP contribution in [0.2, 0.25) is 0 Å². The third kappa shape index (κ3) is 49.4. The molecule has 0 aromatic heterocycles. The monoisotopic (exact) mass is 364 g/mol. The SMILES string of the molecule is C1=CCCC=CCC1.CS(=O)(=O)O.[F][Rh]([F])[F]. The van der Waals surface area contributed by atoms with Crippen molar-refractivity contribution in [2.24, 2.45) is 0 Å². The van der Waals surface area contributed by atoms with Crippen molar-refractivity contribution in [1.82, 2.24) is 0 Å². The summed E-state index contributed by atoms with van der Waals surface area (Å²) in [6, 6.07) is 0. The van der Waals surface area contributed by atoms with Gasteiger partial charge in [0.2, 0.25) is 0 Å². The van der Waals surface area contributed by atoms with Crippen LogP contribution in [0.5, 0.6) is 0 Å². The first-order valence-corrected chi connectivity index (χ1v) is 8.31. The third-order valence-electron chi connectivity index (χ3n) is 1.33. The minimum absolute atomic E-state index is 0.715. The Labute approximate surface area is 107 Å². The van der Waals surface area contributed by atoms with Gasteiger partial charge in [0.05, 0.1) is 6.26 Å². The molecule has 0 heterocycles. The molecule has 8 heteroatoms. The molecule has 0 unspecified atom stereocenters. The number of allylic oxidation sites excluding steroid dienone is 4. The molecule has 0 saturated carbocycles. The molecule has 0 bridgehead atoms. The van der Waals surface area contributed by atoms with Crippen molar-refractivity contribution in [3.8, 4) is 0 Å². The second kappa shape index (κ2) is 12.3. The van der Waals surface area contributed by atoms with Gasteiger partial charge in [-0.05, 0) is 25.7 Å². The Balaban J connectivity index is 0. The third-order valence-corrected chi connectivity index (χ3v) is 1.33. The molecule has 1 aliphatic rings. The van der Waals surface area contributed by atoms with Crippen molar-refractivity contribution < 1.29 is 40.4 Å². The van der Waals surface area contributed by atoms with Crippen LogP contribution < -0.4 is 0 Å². The van der Waals surface area contributed by atoms with Crippen molar-refractivity contribution in [3.63, 3.8) is 0 Å². The first-order chi connectivity index (χ1) is 7.73. The van der Waals surface area contributed by atoms with Crippen LogP contribution in [0.25, 0.3) is 0 Å². The Morgan fingerprint density at radius 2 is 1.06 bits per heavy atom. The molecule has 0 radical (unpaired) electrons. The van der Waals surface area contributed by atoms with Gasteiger partial charge in [-0.3, -0.25) is 4.55 Å². The Morgan fingerprint density at radius 3 is 1.18 bits per heavy atom. The van der Waals surface area contributed by atoms with Crippen molar-refractivity contribution in [1.29, 1.82) is 0 Å². The molecule has 0 aromatic carbocycles. The summed E-state index contributed by atoms with van der Waals surface area (Å²) in [6.45, 7) is 0. The van der Waals surface area contributed by atoms with E-state index in [4.69, 9.17) is 4.55 Å². The summed E-state index contributed by atoms with van der Waals surface area (Å²) in [5.74, 6) is 0. The molecule has 1 aliphatic carbocycles.